The predicted molar refractivity (Wildman–Crippen MR) is 45.8 cm³/mol. The molecule has 0 aliphatic rings. The number of hydrogen-bond acceptors (Lipinski definition) is 4. The van der Waals surface area contributed by atoms with Crippen molar-refractivity contribution in [2.24, 2.45) is 5.14 Å². The summed E-state index contributed by atoms with van der Waals surface area (Å²) in [5.74, 6) is 1.03. The van der Waals surface area contributed by atoms with E-state index in [9.17, 15) is 8.42 Å². The van der Waals surface area contributed by atoms with Crippen molar-refractivity contribution in [1.29, 1.82) is 0 Å². The summed E-state index contributed by atoms with van der Waals surface area (Å²) in [5, 5.41) is 4.71. The van der Waals surface area contributed by atoms with Gasteiger partial charge in [0.15, 0.2) is 0 Å². The Kier molecular flexibility index (Phi) is 3.02. The molecule has 1 aromatic rings. The minimum Gasteiger partial charge on any atom is -0.444 e. The molecule has 0 saturated heterocycles. The molecule has 0 bridgehead atoms. The number of aromatic nitrogens is 1. The smallest absolute Gasteiger partial charge is 0.274 e. The van der Waals surface area contributed by atoms with Gasteiger partial charge in [0.2, 0.25) is 5.89 Å². The molecule has 0 saturated carbocycles. The first-order chi connectivity index (χ1) is 6.01. The van der Waals surface area contributed by atoms with Crippen molar-refractivity contribution in [2.45, 2.75) is 19.9 Å². The highest BCUT2D eigenvalue weighted by molar-refractivity contribution is 7.87. The van der Waals surface area contributed by atoms with Crippen LogP contribution in [0.25, 0.3) is 0 Å². The third-order valence-electron chi connectivity index (χ3n) is 1.37. The Bertz CT molecular complexity index is 370. The quantitative estimate of drug-likeness (QED) is 0.694. The van der Waals surface area contributed by atoms with Crippen LogP contribution >= 0.6 is 0 Å². The molecule has 74 valence electrons. The number of aryl methyl sites for hydroxylation is 1. The van der Waals surface area contributed by atoms with E-state index in [4.69, 9.17) is 9.56 Å². The largest absolute Gasteiger partial charge is 0.444 e. The second kappa shape index (κ2) is 3.86. The van der Waals surface area contributed by atoms with E-state index in [0.29, 0.717) is 11.7 Å². The van der Waals surface area contributed by atoms with Crippen LogP contribution in [0.4, 0.5) is 0 Å². The maximum Gasteiger partial charge on any atom is 0.274 e. The number of nitrogens with two attached hydrogens (primary N) is 1. The van der Waals surface area contributed by atoms with Crippen molar-refractivity contribution in [1.82, 2.24) is 9.71 Å². The van der Waals surface area contributed by atoms with Crippen LogP contribution in [0.5, 0.6) is 0 Å². The SMILES string of the molecule is CCc1cnc(CNS(N)(=O)=O)o1. The number of rotatable bonds is 4. The zero-order valence-corrected chi connectivity index (χ0v) is 7.97. The Morgan fingerprint density at radius 3 is 2.85 bits per heavy atom. The minimum atomic E-state index is -3.67. The molecular formula is C6H11N3O3S. The zero-order chi connectivity index (χ0) is 9.90. The van der Waals surface area contributed by atoms with E-state index in [2.05, 4.69) is 9.71 Å². The molecule has 0 fully saturated rings. The normalized spacial score (nSPS) is 11.8. The summed E-state index contributed by atoms with van der Waals surface area (Å²) < 4.78 is 28.2. The molecule has 7 heteroatoms. The van der Waals surface area contributed by atoms with Gasteiger partial charge in [0, 0.05) is 6.42 Å². The van der Waals surface area contributed by atoms with E-state index >= 15 is 0 Å². The van der Waals surface area contributed by atoms with Gasteiger partial charge in [-0.2, -0.15) is 13.1 Å². The predicted octanol–water partition coefficient (Wildman–Crippen LogP) is -0.470. The van der Waals surface area contributed by atoms with Crippen LogP contribution in [0.2, 0.25) is 0 Å². The fraction of sp³-hybridized carbons (Fsp3) is 0.500. The molecule has 0 atom stereocenters. The van der Waals surface area contributed by atoms with Crippen LogP contribution in [-0.2, 0) is 23.2 Å². The third-order valence-corrected chi connectivity index (χ3v) is 1.92. The highest BCUT2D eigenvalue weighted by Gasteiger charge is 2.05. The van der Waals surface area contributed by atoms with Gasteiger partial charge in [0.1, 0.15) is 5.76 Å². The second-order valence-corrected chi connectivity index (χ2v) is 3.82. The molecule has 0 unspecified atom stereocenters. The van der Waals surface area contributed by atoms with Gasteiger partial charge in [-0.15, -0.1) is 0 Å². The molecule has 3 N–H and O–H groups in total. The molecule has 13 heavy (non-hydrogen) atoms. The lowest BCUT2D eigenvalue weighted by atomic mass is 10.4. The van der Waals surface area contributed by atoms with E-state index in [1.807, 2.05) is 6.92 Å². The van der Waals surface area contributed by atoms with Gasteiger partial charge in [0.05, 0.1) is 12.7 Å². The van der Waals surface area contributed by atoms with Crippen LogP contribution < -0.4 is 9.86 Å². The Morgan fingerprint density at radius 1 is 1.69 bits per heavy atom. The van der Waals surface area contributed by atoms with Crippen molar-refractivity contribution >= 4 is 10.2 Å². The van der Waals surface area contributed by atoms with Gasteiger partial charge >= 0.3 is 0 Å². The monoisotopic (exact) mass is 205 g/mol. The van der Waals surface area contributed by atoms with Crippen LogP contribution in [0.3, 0.4) is 0 Å². The molecule has 0 aromatic carbocycles. The average molecular weight is 205 g/mol. The van der Waals surface area contributed by atoms with E-state index in [1.165, 1.54) is 0 Å². The molecule has 0 aliphatic carbocycles. The summed E-state index contributed by atoms with van der Waals surface area (Å²) in [7, 11) is -3.67. The summed E-state index contributed by atoms with van der Waals surface area (Å²) in [5.41, 5.74) is 0. The fourth-order valence-corrected chi connectivity index (χ4v) is 1.08. The third kappa shape index (κ3) is 3.53. The van der Waals surface area contributed by atoms with Crippen LogP contribution in [0, 0.1) is 0 Å². The first kappa shape index (κ1) is 10.2. The highest BCUT2D eigenvalue weighted by atomic mass is 32.2. The summed E-state index contributed by atoms with van der Waals surface area (Å²) >= 11 is 0. The Labute approximate surface area is 76.3 Å². The molecule has 1 rings (SSSR count). The van der Waals surface area contributed by atoms with Crippen molar-refractivity contribution in [2.75, 3.05) is 0 Å². The van der Waals surface area contributed by atoms with Crippen LogP contribution in [0.1, 0.15) is 18.6 Å². The molecule has 0 amide bonds. The molecule has 0 spiro atoms. The first-order valence-corrected chi connectivity index (χ1v) is 5.27. The topological polar surface area (TPSA) is 98.2 Å². The molecule has 0 aliphatic heterocycles. The number of oxazole rings is 1. The highest BCUT2D eigenvalue weighted by Crippen LogP contribution is 2.03. The van der Waals surface area contributed by atoms with Crippen molar-refractivity contribution in [3.8, 4) is 0 Å². The Hall–Kier alpha value is -0.920. The van der Waals surface area contributed by atoms with Crippen LogP contribution in [-0.4, -0.2) is 13.4 Å². The second-order valence-electron chi connectivity index (χ2n) is 2.44. The van der Waals surface area contributed by atoms with Crippen molar-refractivity contribution in [3.05, 3.63) is 17.8 Å². The van der Waals surface area contributed by atoms with E-state index < -0.39 is 10.2 Å². The van der Waals surface area contributed by atoms with E-state index in [1.54, 1.807) is 6.20 Å². The van der Waals surface area contributed by atoms with Crippen molar-refractivity contribution < 1.29 is 12.8 Å². The van der Waals surface area contributed by atoms with Crippen LogP contribution in [0.15, 0.2) is 10.6 Å². The van der Waals surface area contributed by atoms with Gasteiger partial charge in [-0.25, -0.2) is 10.1 Å². The van der Waals surface area contributed by atoms with Gasteiger partial charge in [0.25, 0.3) is 10.2 Å². The summed E-state index contributed by atoms with van der Waals surface area (Å²) in [4.78, 5) is 3.84. The van der Waals surface area contributed by atoms with E-state index in [0.717, 1.165) is 6.42 Å². The lowest BCUT2D eigenvalue weighted by Crippen LogP contribution is -2.30. The molecule has 0 radical (unpaired) electrons. The summed E-state index contributed by atoms with van der Waals surface area (Å²) in [6.07, 6.45) is 2.28. The maximum atomic E-state index is 10.5. The van der Waals surface area contributed by atoms with Gasteiger partial charge in [-0.3, -0.25) is 0 Å². The number of hydrogen-bond donors (Lipinski definition) is 2. The molecule has 1 aromatic heterocycles. The molecule has 1 heterocycles. The van der Waals surface area contributed by atoms with Crippen molar-refractivity contribution in [3.63, 3.8) is 0 Å². The minimum absolute atomic E-state index is 0.0150. The standard InChI is InChI=1S/C6H11N3O3S/c1-2-5-3-8-6(12-5)4-9-13(7,10)11/h3,9H,2,4H2,1H3,(H2,7,10,11). The van der Waals surface area contributed by atoms with Gasteiger partial charge in [-0.1, -0.05) is 6.92 Å². The number of nitrogens with one attached hydrogen (secondary N) is 1. The zero-order valence-electron chi connectivity index (χ0n) is 7.15. The first-order valence-electron chi connectivity index (χ1n) is 3.72. The number of nitrogens with zero attached hydrogens (tertiary/aromatic N) is 1. The summed E-state index contributed by atoms with van der Waals surface area (Å²) in [6, 6.07) is 0. The average Bonchev–Trinajstić information content (AvgIpc) is 2.47. The fourth-order valence-electron chi connectivity index (χ4n) is 0.756. The lowest BCUT2D eigenvalue weighted by molar-refractivity contribution is 0.452. The Balaban J connectivity index is 2.55. The lowest BCUT2D eigenvalue weighted by Gasteiger charge is -1.96. The maximum absolute atomic E-state index is 10.5. The van der Waals surface area contributed by atoms with Gasteiger partial charge in [-0.05, 0) is 0 Å². The van der Waals surface area contributed by atoms with E-state index in [-0.39, 0.29) is 6.54 Å². The molecule has 6 nitrogen and oxygen atoms in total. The Morgan fingerprint density at radius 2 is 2.38 bits per heavy atom. The summed E-state index contributed by atoms with van der Waals surface area (Å²) in [6.45, 7) is 1.90. The van der Waals surface area contributed by atoms with Gasteiger partial charge < -0.3 is 4.42 Å². The molecular weight excluding hydrogens is 194 g/mol.